The Balaban J connectivity index is 2.31. The molecule has 0 aliphatic heterocycles. The molecule has 0 aliphatic carbocycles. The van der Waals surface area contributed by atoms with Gasteiger partial charge in [0.25, 0.3) is 11.8 Å². The van der Waals surface area contributed by atoms with Crippen LogP contribution >= 0.6 is 0 Å². The molecule has 8 nitrogen and oxygen atoms in total. The molecule has 116 valence electrons. The lowest BCUT2D eigenvalue weighted by Crippen LogP contribution is -2.32. The quantitative estimate of drug-likeness (QED) is 0.631. The maximum absolute atomic E-state index is 12.0. The van der Waals surface area contributed by atoms with E-state index in [0.29, 0.717) is 12.1 Å². The van der Waals surface area contributed by atoms with Gasteiger partial charge in [-0.3, -0.25) is 9.78 Å². The van der Waals surface area contributed by atoms with Crippen LogP contribution in [0.25, 0.3) is 11.5 Å². The number of aromatic hydroxyl groups is 2. The van der Waals surface area contributed by atoms with E-state index in [1.165, 1.54) is 6.20 Å². The maximum Gasteiger partial charge on any atom is 0.274 e. The molecule has 0 spiro atoms. The Hall–Kier alpha value is -2.74. The van der Waals surface area contributed by atoms with Crippen LogP contribution in [0.3, 0.4) is 0 Å². The number of pyridine rings is 1. The first-order valence-electron chi connectivity index (χ1n) is 6.70. The third-order valence-electron chi connectivity index (χ3n) is 2.94. The Labute approximate surface area is 126 Å². The number of carbonyl (C=O) groups is 1. The summed E-state index contributed by atoms with van der Waals surface area (Å²) in [6.07, 6.45) is 1.29. The first kappa shape index (κ1) is 15.6. The lowest BCUT2D eigenvalue weighted by atomic mass is 10.2. The fourth-order valence-electron chi connectivity index (χ4n) is 1.65. The maximum atomic E-state index is 12.0. The number of aliphatic hydroxyl groups is 1. The molecule has 4 N–H and O–H groups in total. The monoisotopic (exact) mass is 304 g/mol. The van der Waals surface area contributed by atoms with Crippen LogP contribution in [-0.2, 0) is 0 Å². The van der Waals surface area contributed by atoms with Crippen molar-refractivity contribution in [1.82, 2.24) is 20.3 Å². The van der Waals surface area contributed by atoms with Crippen LogP contribution in [0.15, 0.2) is 24.4 Å². The molecule has 0 saturated carbocycles. The average Bonchev–Trinajstić information content (AvgIpc) is 2.55. The van der Waals surface area contributed by atoms with Crippen molar-refractivity contribution in [2.75, 3.05) is 6.54 Å². The Morgan fingerprint density at radius 2 is 2.09 bits per heavy atom. The number of aliphatic hydroxyl groups excluding tert-OH is 1. The summed E-state index contributed by atoms with van der Waals surface area (Å²) in [5.74, 6) is -2.14. The summed E-state index contributed by atoms with van der Waals surface area (Å²) >= 11 is 0. The van der Waals surface area contributed by atoms with Crippen molar-refractivity contribution in [2.24, 2.45) is 0 Å². The van der Waals surface area contributed by atoms with E-state index in [-0.39, 0.29) is 18.1 Å². The molecule has 8 heteroatoms. The van der Waals surface area contributed by atoms with Gasteiger partial charge in [0, 0.05) is 12.7 Å². The normalized spacial score (nSPS) is 11.9. The van der Waals surface area contributed by atoms with Crippen molar-refractivity contribution in [3.8, 4) is 23.1 Å². The van der Waals surface area contributed by atoms with E-state index in [9.17, 15) is 20.1 Å². The predicted octanol–water partition coefficient (Wildman–Crippen LogP) is 0.451. The van der Waals surface area contributed by atoms with Gasteiger partial charge in [-0.25, -0.2) is 4.98 Å². The van der Waals surface area contributed by atoms with E-state index in [0.717, 1.165) is 0 Å². The Morgan fingerprint density at radius 1 is 1.32 bits per heavy atom. The highest BCUT2D eigenvalue weighted by Gasteiger charge is 2.20. The number of nitrogens with zero attached hydrogens (tertiary/aromatic N) is 3. The summed E-state index contributed by atoms with van der Waals surface area (Å²) in [6.45, 7) is 1.78. The van der Waals surface area contributed by atoms with Gasteiger partial charge >= 0.3 is 0 Å². The standard InChI is InChI=1S/C14H16N4O4/c1-2-8(19)7-16-13(21)10-11(20)14(22)18-12(17-10)9-5-3-4-6-15-9/h3-6,8,19-20H,2,7H2,1H3,(H,16,21)(H,17,18,22). The molecule has 0 aliphatic rings. The van der Waals surface area contributed by atoms with Crippen LogP contribution in [0.4, 0.5) is 0 Å². The number of amides is 1. The minimum atomic E-state index is -0.722. The number of rotatable bonds is 5. The molecule has 1 atom stereocenters. The molecule has 22 heavy (non-hydrogen) atoms. The third-order valence-corrected chi connectivity index (χ3v) is 2.94. The van der Waals surface area contributed by atoms with E-state index in [4.69, 9.17) is 0 Å². The Morgan fingerprint density at radius 3 is 2.73 bits per heavy atom. The second kappa shape index (κ2) is 6.81. The molecule has 0 bridgehead atoms. The van der Waals surface area contributed by atoms with Gasteiger partial charge in [0.05, 0.1) is 6.10 Å². The molecule has 0 fully saturated rings. The Kier molecular flexibility index (Phi) is 4.84. The highest BCUT2D eigenvalue weighted by atomic mass is 16.3. The number of aromatic nitrogens is 3. The molecule has 2 aromatic rings. The number of hydrogen-bond acceptors (Lipinski definition) is 7. The molecule has 0 radical (unpaired) electrons. The second-order valence-corrected chi connectivity index (χ2v) is 4.56. The average molecular weight is 304 g/mol. The topological polar surface area (TPSA) is 128 Å². The van der Waals surface area contributed by atoms with E-state index in [2.05, 4.69) is 20.3 Å². The van der Waals surface area contributed by atoms with Crippen LogP contribution in [0.5, 0.6) is 11.6 Å². The lowest BCUT2D eigenvalue weighted by Gasteiger charge is -2.11. The number of nitrogens with one attached hydrogen (secondary N) is 1. The molecule has 0 saturated heterocycles. The van der Waals surface area contributed by atoms with Gasteiger partial charge in [-0.2, -0.15) is 4.98 Å². The summed E-state index contributed by atoms with van der Waals surface area (Å²) in [5.41, 5.74) is -0.0306. The molecule has 2 rings (SSSR count). The van der Waals surface area contributed by atoms with E-state index in [1.54, 1.807) is 25.1 Å². The Bertz CT molecular complexity index is 663. The number of carbonyl (C=O) groups excluding carboxylic acids is 1. The summed E-state index contributed by atoms with van der Waals surface area (Å²) in [5, 5.41) is 31.3. The van der Waals surface area contributed by atoms with Gasteiger partial charge in [-0.15, -0.1) is 0 Å². The second-order valence-electron chi connectivity index (χ2n) is 4.56. The van der Waals surface area contributed by atoms with Crippen LogP contribution < -0.4 is 5.32 Å². The first-order valence-corrected chi connectivity index (χ1v) is 6.70. The lowest BCUT2D eigenvalue weighted by molar-refractivity contribution is 0.0905. The van der Waals surface area contributed by atoms with Gasteiger partial charge in [0.1, 0.15) is 5.69 Å². The van der Waals surface area contributed by atoms with Crippen LogP contribution in [-0.4, -0.2) is 48.8 Å². The van der Waals surface area contributed by atoms with Crippen molar-refractivity contribution in [3.05, 3.63) is 30.1 Å². The minimum absolute atomic E-state index is 0.0112. The fraction of sp³-hybridized carbons (Fsp3) is 0.286. The van der Waals surface area contributed by atoms with E-state index >= 15 is 0 Å². The highest BCUT2D eigenvalue weighted by molar-refractivity contribution is 5.95. The molecule has 2 aromatic heterocycles. The smallest absolute Gasteiger partial charge is 0.274 e. The fourth-order valence-corrected chi connectivity index (χ4v) is 1.65. The zero-order valence-electron chi connectivity index (χ0n) is 11.9. The molecular formula is C14H16N4O4. The summed E-state index contributed by atoms with van der Waals surface area (Å²) in [7, 11) is 0. The van der Waals surface area contributed by atoms with Gasteiger partial charge in [-0.05, 0) is 18.6 Å². The molecule has 1 unspecified atom stereocenters. The van der Waals surface area contributed by atoms with Crippen LogP contribution in [0, 0.1) is 0 Å². The largest absolute Gasteiger partial charge is 0.501 e. The predicted molar refractivity (Wildman–Crippen MR) is 77.2 cm³/mol. The van der Waals surface area contributed by atoms with Gasteiger partial charge in [-0.1, -0.05) is 13.0 Å². The van der Waals surface area contributed by atoms with Gasteiger partial charge in [0.2, 0.25) is 5.75 Å². The molecule has 0 aromatic carbocycles. The zero-order valence-corrected chi connectivity index (χ0v) is 11.9. The molecular weight excluding hydrogens is 288 g/mol. The van der Waals surface area contributed by atoms with E-state index in [1.807, 2.05) is 0 Å². The zero-order chi connectivity index (χ0) is 16.1. The van der Waals surface area contributed by atoms with Gasteiger partial charge in [0.15, 0.2) is 11.5 Å². The highest BCUT2D eigenvalue weighted by Crippen LogP contribution is 2.27. The summed E-state index contributed by atoms with van der Waals surface area (Å²) in [4.78, 5) is 23.7. The number of hydrogen-bond donors (Lipinski definition) is 4. The molecule has 2 heterocycles. The van der Waals surface area contributed by atoms with Crippen molar-refractivity contribution >= 4 is 5.91 Å². The minimum Gasteiger partial charge on any atom is -0.501 e. The molecule has 1 amide bonds. The summed E-state index contributed by atoms with van der Waals surface area (Å²) < 4.78 is 0. The van der Waals surface area contributed by atoms with Crippen molar-refractivity contribution in [1.29, 1.82) is 0 Å². The summed E-state index contributed by atoms with van der Waals surface area (Å²) in [6, 6.07) is 5.00. The first-order chi connectivity index (χ1) is 10.5. The van der Waals surface area contributed by atoms with Crippen molar-refractivity contribution < 1.29 is 20.1 Å². The van der Waals surface area contributed by atoms with Gasteiger partial charge < -0.3 is 20.6 Å². The van der Waals surface area contributed by atoms with Crippen molar-refractivity contribution in [3.63, 3.8) is 0 Å². The SMILES string of the molecule is CCC(O)CNC(=O)c1nc(-c2ccccn2)nc(O)c1O. The van der Waals surface area contributed by atoms with Crippen molar-refractivity contribution in [2.45, 2.75) is 19.4 Å². The van der Waals surface area contributed by atoms with Crippen LogP contribution in [0.1, 0.15) is 23.8 Å². The van der Waals surface area contributed by atoms with Crippen LogP contribution in [0.2, 0.25) is 0 Å². The van der Waals surface area contributed by atoms with E-state index < -0.39 is 23.6 Å². The third kappa shape index (κ3) is 3.47.